The van der Waals surface area contributed by atoms with Crippen molar-refractivity contribution in [2.45, 2.75) is 174 Å². The molecule has 12 nitrogen and oxygen atoms in total. The number of esters is 2. The van der Waals surface area contributed by atoms with Crippen LogP contribution in [0.25, 0.3) is 0 Å². The molecular weight excluding hydrogens is 761 g/mol. The van der Waals surface area contributed by atoms with E-state index in [1.165, 1.54) is 43.2 Å². The first-order valence-corrected chi connectivity index (χ1v) is 23.2. The molecule has 4 atom stereocenters. The zero-order valence-corrected chi connectivity index (χ0v) is 36.8. The van der Waals surface area contributed by atoms with Crippen molar-refractivity contribution >= 4 is 19.8 Å². The van der Waals surface area contributed by atoms with Gasteiger partial charge in [0.1, 0.15) is 18.1 Å². The summed E-state index contributed by atoms with van der Waals surface area (Å²) in [5, 5.41) is 20.3. The van der Waals surface area contributed by atoms with Gasteiger partial charge in [0.05, 0.1) is 25.4 Å². The number of hydrogen-bond acceptors (Lipinski definition) is 11. The molecule has 1 aromatic rings. The second-order valence-electron chi connectivity index (χ2n) is 14.8. The van der Waals surface area contributed by atoms with E-state index < -0.39 is 44.7 Å². The van der Waals surface area contributed by atoms with Crippen LogP contribution in [0.15, 0.2) is 53.0 Å². The number of phosphoric ester groups is 1. The molecule has 0 radical (unpaired) electrons. The Morgan fingerprint density at radius 1 is 0.724 bits per heavy atom. The maximum Gasteiger partial charge on any atom is 0.472 e. The zero-order valence-electron chi connectivity index (χ0n) is 36.0. The molecule has 5 N–H and O–H groups in total. The summed E-state index contributed by atoms with van der Waals surface area (Å²) in [6.07, 6.45) is 29.0. The van der Waals surface area contributed by atoms with Gasteiger partial charge in [-0.05, 0) is 76.3 Å². The summed E-state index contributed by atoms with van der Waals surface area (Å²) >= 11 is 0. The van der Waals surface area contributed by atoms with Gasteiger partial charge in [0.2, 0.25) is 0 Å². The van der Waals surface area contributed by atoms with Crippen LogP contribution in [-0.2, 0) is 45.5 Å². The summed E-state index contributed by atoms with van der Waals surface area (Å²) in [6.45, 7) is 7.58. The number of aliphatic hydroxyl groups excluding tert-OH is 2. The molecule has 1 unspecified atom stereocenters. The molecule has 0 amide bonds. The van der Waals surface area contributed by atoms with Crippen molar-refractivity contribution in [1.82, 2.24) is 0 Å². The Kier molecular flexibility index (Phi) is 31.1. The first-order chi connectivity index (χ1) is 27.9. The number of aliphatic hydroxyl groups is 2. The number of allylic oxidation sites excluding steroid dienone is 5. The van der Waals surface area contributed by atoms with Crippen LogP contribution in [0.5, 0.6) is 0 Å². The first kappa shape index (κ1) is 53.2. The maximum atomic E-state index is 12.7. The van der Waals surface area contributed by atoms with E-state index in [-0.39, 0.29) is 32.6 Å². The number of aryl methyl sites for hydroxylation is 2. The number of phosphoric acid groups is 1. The third-order valence-corrected chi connectivity index (χ3v) is 10.6. The maximum absolute atomic E-state index is 12.7. The number of ether oxygens (including phenoxy) is 2. The highest BCUT2D eigenvalue weighted by atomic mass is 31.2. The van der Waals surface area contributed by atoms with Crippen molar-refractivity contribution < 1.29 is 52.2 Å². The van der Waals surface area contributed by atoms with Crippen LogP contribution >= 0.6 is 7.82 Å². The Hall–Kier alpha value is -2.83. The zero-order chi connectivity index (χ0) is 42.9. The molecule has 332 valence electrons. The molecule has 0 aromatic carbocycles. The second kappa shape index (κ2) is 33.9. The van der Waals surface area contributed by atoms with Gasteiger partial charge in [0.15, 0.2) is 6.10 Å². The van der Waals surface area contributed by atoms with Crippen LogP contribution in [0, 0.1) is 13.8 Å². The van der Waals surface area contributed by atoms with Crippen LogP contribution in [0.4, 0.5) is 0 Å². The van der Waals surface area contributed by atoms with Crippen molar-refractivity contribution in [3.8, 4) is 0 Å². The van der Waals surface area contributed by atoms with Gasteiger partial charge in [-0.1, -0.05) is 114 Å². The molecule has 0 fully saturated rings. The monoisotopic (exact) mass is 838 g/mol. The molecule has 0 bridgehead atoms. The highest BCUT2D eigenvalue weighted by molar-refractivity contribution is 7.47. The molecule has 0 aliphatic heterocycles. The molecule has 58 heavy (non-hydrogen) atoms. The highest BCUT2D eigenvalue weighted by Gasteiger charge is 2.26. The highest BCUT2D eigenvalue weighted by Crippen LogP contribution is 2.43. The van der Waals surface area contributed by atoms with Crippen LogP contribution in [-0.4, -0.2) is 71.7 Å². The van der Waals surface area contributed by atoms with E-state index in [0.29, 0.717) is 25.7 Å². The Balaban J connectivity index is 2.41. The van der Waals surface area contributed by atoms with Gasteiger partial charge in [0, 0.05) is 32.2 Å². The number of furan rings is 1. The predicted molar refractivity (Wildman–Crippen MR) is 230 cm³/mol. The van der Waals surface area contributed by atoms with Crippen molar-refractivity contribution in [3.05, 3.63) is 71.3 Å². The van der Waals surface area contributed by atoms with Gasteiger partial charge in [0.25, 0.3) is 0 Å². The SMILES string of the molecule is CCCCC/C=C\C[C@@H](O)/C=C/C=C/C=C\[C@@H](O)CCCC(=O)OC[C@H](COP(=O)(O)OCCN)OC(=O)CCCCCCCCc1oc(CCCCC)c(C)c1C. The lowest BCUT2D eigenvalue weighted by Gasteiger charge is -2.20. The smallest absolute Gasteiger partial charge is 0.466 e. The van der Waals surface area contributed by atoms with Crippen molar-refractivity contribution in [3.63, 3.8) is 0 Å². The number of rotatable bonds is 36. The minimum Gasteiger partial charge on any atom is -0.466 e. The van der Waals surface area contributed by atoms with Gasteiger partial charge < -0.3 is 34.7 Å². The van der Waals surface area contributed by atoms with E-state index >= 15 is 0 Å². The third kappa shape index (κ3) is 27.8. The predicted octanol–water partition coefficient (Wildman–Crippen LogP) is 9.54. The fourth-order valence-electron chi connectivity index (χ4n) is 6.01. The van der Waals surface area contributed by atoms with Crippen LogP contribution in [0.2, 0.25) is 0 Å². The topological polar surface area (TPSA) is 188 Å². The molecule has 1 rings (SSSR count). The fraction of sp³-hybridized carbons (Fsp3) is 0.689. The van der Waals surface area contributed by atoms with Crippen molar-refractivity contribution in [2.24, 2.45) is 5.73 Å². The van der Waals surface area contributed by atoms with E-state index in [9.17, 15) is 29.3 Å². The average Bonchev–Trinajstić information content (AvgIpc) is 3.46. The van der Waals surface area contributed by atoms with Gasteiger partial charge in [-0.3, -0.25) is 18.6 Å². The summed E-state index contributed by atoms with van der Waals surface area (Å²) in [5.41, 5.74) is 7.90. The lowest BCUT2D eigenvalue weighted by molar-refractivity contribution is -0.161. The largest absolute Gasteiger partial charge is 0.472 e. The van der Waals surface area contributed by atoms with Gasteiger partial charge >= 0.3 is 19.8 Å². The number of unbranched alkanes of at least 4 members (excludes halogenated alkanes) is 10. The fourth-order valence-corrected chi connectivity index (χ4v) is 6.77. The second-order valence-corrected chi connectivity index (χ2v) is 16.3. The normalized spacial score (nSPS) is 14.8. The lowest BCUT2D eigenvalue weighted by Crippen LogP contribution is -2.29. The Bertz CT molecular complexity index is 1400. The quantitative estimate of drug-likeness (QED) is 0.0165. The van der Waals surface area contributed by atoms with E-state index in [4.69, 9.17) is 28.7 Å². The Morgan fingerprint density at radius 2 is 1.31 bits per heavy atom. The Labute approximate surface area is 348 Å². The molecule has 1 aromatic heterocycles. The van der Waals surface area contributed by atoms with Gasteiger partial charge in [-0.15, -0.1) is 0 Å². The van der Waals surface area contributed by atoms with Crippen LogP contribution < -0.4 is 5.73 Å². The first-order valence-electron chi connectivity index (χ1n) is 21.7. The molecule has 0 spiro atoms. The summed E-state index contributed by atoms with van der Waals surface area (Å²) in [5.74, 6) is 1.13. The number of hydrogen-bond donors (Lipinski definition) is 4. The Morgan fingerprint density at radius 3 is 1.97 bits per heavy atom. The average molecular weight is 838 g/mol. The van der Waals surface area contributed by atoms with Crippen LogP contribution in [0.1, 0.15) is 152 Å². The standard InChI is InChI=1S/C45H76NO11P/c1-5-7-9-10-13-19-25-39(47)26-20-16-17-21-27-40(48)28-24-32-44(49)53-35-41(36-55-58(51,52)54-34-33-46)56-45(50)31-23-15-12-11-14-22-30-43-38(4)37(3)42(57-43)29-18-8-6-2/h13,16-17,19-21,26-27,39-41,47-48H,5-12,14-15,18,22-25,28-36,46H2,1-4H3,(H,51,52)/b17-16+,19-13-,26-20+,27-21-/t39-,40-,41-/m1/s1. The molecule has 13 heteroatoms. The summed E-state index contributed by atoms with van der Waals surface area (Å²) in [6, 6.07) is 0. The van der Waals surface area contributed by atoms with Gasteiger partial charge in [-0.25, -0.2) is 4.57 Å². The summed E-state index contributed by atoms with van der Waals surface area (Å²) in [7, 11) is -4.46. The van der Waals surface area contributed by atoms with Crippen molar-refractivity contribution in [2.75, 3.05) is 26.4 Å². The van der Waals surface area contributed by atoms with Gasteiger partial charge in [-0.2, -0.15) is 0 Å². The molecule has 1 heterocycles. The molecular formula is C45H76NO11P. The van der Waals surface area contributed by atoms with E-state index in [1.54, 1.807) is 36.5 Å². The van der Waals surface area contributed by atoms with Crippen molar-refractivity contribution in [1.29, 1.82) is 0 Å². The van der Waals surface area contributed by atoms with E-state index in [0.717, 1.165) is 69.3 Å². The number of nitrogens with two attached hydrogens (primary N) is 1. The minimum atomic E-state index is -4.46. The third-order valence-electron chi connectivity index (χ3n) is 9.61. The molecule has 0 aliphatic carbocycles. The number of carbonyl (C=O) groups excluding carboxylic acids is 2. The molecule has 0 aliphatic rings. The minimum absolute atomic E-state index is 0.00837. The number of carbonyl (C=O) groups is 2. The molecule has 0 saturated carbocycles. The molecule has 0 saturated heterocycles. The summed E-state index contributed by atoms with van der Waals surface area (Å²) < 4.78 is 38.9. The van der Waals surface area contributed by atoms with E-state index in [2.05, 4.69) is 33.8 Å². The lowest BCUT2D eigenvalue weighted by atomic mass is 10.0. The van der Waals surface area contributed by atoms with Crippen LogP contribution in [0.3, 0.4) is 0 Å². The van der Waals surface area contributed by atoms with E-state index in [1.807, 2.05) is 6.08 Å². The summed E-state index contributed by atoms with van der Waals surface area (Å²) in [4.78, 5) is 35.0.